The van der Waals surface area contributed by atoms with Gasteiger partial charge in [-0.1, -0.05) is 6.07 Å². The third-order valence-corrected chi connectivity index (χ3v) is 4.63. The molecule has 0 atom stereocenters. The van der Waals surface area contributed by atoms with Crippen LogP contribution in [-0.2, 0) is 17.2 Å². The summed E-state index contributed by atoms with van der Waals surface area (Å²) in [7, 11) is 1.77. The second kappa shape index (κ2) is 5.38. The molecule has 3 rings (SSSR count). The number of halogens is 1. The largest absolute Gasteiger partial charge is 0.385 e. The number of hydrogen-bond acceptors (Lipinski definition) is 2. The number of methoxy groups -OCH3 is 1. The summed E-state index contributed by atoms with van der Waals surface area (Å²) in [4.78, 5) is 4.68. The van der Waals surface area contributed by atoms with Crippen LogP contribution in [0.15, 0.2) is 18.2 Å². The van der Waals surface area contributed by atoms with Gasteiger partial charge in [-0.15, -0.1) is 11.6 Å². The van der Waals surface area contributed by atoms with Crippen molar-refractivity contribution in [2.24, 2.45) is 5.41 Å². The summed E-state index contributed by atoms with van der Waals surface area (Å²) in [6.07, 6.45) is 3.68. The summed E-state index contributed by atoms with van der Waals surface area (Å²) in [6.45, 7) is 3.94. The summed E-state index contributed by atoms with van der Waals surface area (Å²) in [6, 6.07) is 6.45. The van der Waals surface area contributed by atoms with Crippen molar-refractivity contribution in [1.82, 2.24) is 9.55 Å². The van der Waals surface area contributed by atoms with Crippen molar-refractivity contribution in [2.45, 2.75) is 38.6 Å². The molecule has 0 saturated heterocycles. The minimum absolute atomic E-state index is 0.398. The predicted octanol–water partition coefficient (Wildman–Crippen LogP) is 3.90. The predicted molar refractivity (Wildman–Crippen MR) is 82.2 cm³/mol. The maximum Gasteiger partial charge on any atom is 0.124 e. The van der Waals surface area contributed by atoms with E-state index in [-0.39, 0.29) is 0 Å². The third-order valence-electron chi connectivity index (χ3n) is 4.39. The molecule has 0 N–H and O–H groups in total. The molecule has 0 aliphatic heterocycles. The standard InChI is InChI=1S/C16H21ClN2O/c1-12-3-4-14-13(9-12)18-15(10-17)19(14)11-16(5-6-16)7-8-20-2/h3-4,9H,5-8,10-11H2,1-2H3. The molecule has 0 bridgehead atoms. The van der Waals surface area contributed by atoms with E-state index in [4.69, 9.17) is 16.3 Å². The number of nitrogens with zero attached hydrogens (tertiary/aromatic N) is 2. The summed E-state index contributed by atoms with van der Waals surface area (Å²) in [5, 5.41) is 0. The SMILES string of the molecule is COCCC1(Cn2c(CCl)nc3cc(C)ccc32)CC1. The van der Waals surface area contributed by atoms with Gasteiger partial charge in [0.25, 0.3) is 0 Å². The maximum atomic E-state index is 6.09. The van der Waals surface area contributed by atoms with E-state index in [1.54, 1.807) is 7.11 Å². The molecule has 3 nitrogen and oxygen atoms in total. The summed E-state index contributed by atoms with van der Waals surface area (Å²) in [5.41, 5.74) is 3.90. The van der Waals surface area contributed by atoms with Gasteiger partial charge in [0.05, 0.1) is 16.9 Å². The molecule has 1 fully saturated rings. The van der Waals surface area contributed by atoms with Gasteiger partial charge in [-0.2, -0.15) is 0 Å². The molecule has 1 aliphatic carbocycles. The van der Waals surface area contributed by atoms with Gasteiger partial charge in [0.15, 0.2) is 0 Å². The van der Waals surface area contributed by atoms with Crippen molar-refractivity contribution in [1.29, 1.82) is 0 Å². The van der Waals surface area contributed by atoms with E-state index in [1.807, 2.05) is 0 Å². The van der Waals surface area contributed by atoms with Crippen molar-refractivity contribution in [3.63, 3.8) is 0 Å². The fourth-order valence-electron chi connectivity index (χ4n) is 2.89. The number of fused-ring (bicyclic) bond motifs is 1. The molecule has 2 aromatic rings. The second-order valence-corrected chi connectivity index (χ2v) is 6.25. The zero-order chi connectivity index (χ0) is 14.2. The lowest BCUT2D eigenvalue weighted by Crippen LogP contribution is -2.15. The monoisotopic (exact) mass is 292 g/mol. The van der Waals surface area contributed by atoms with Crippen LogP contribution in [0.3, 0.4) is 0 Å². The minimum Gasteiger partial charge on any atom is -0.385 e. The molecule has 0 amide bonds. The number of imidazole rings is 1. The van der Waals surface area contributed by atoms with E-state index in [9.17, 15) is 0 Å². The van der Waals surface area contributed by atoms with Crippen molar-refractivity contribution < 1.29 is 4.74 Å². The fourth-order valence-corrected chi connectivity index (χ4v) is 3.09. The lowest BCUT2D eigenvalue weighted by molar-refractivity contribution is 0.167. The molecule has 1 heterocycles. The van der Waals surface area contributed by atoms with E-state index in [1.165, 1.54) is 23.9 Å². The highest BCUT2D eigenvalue weighted by atomic mass is 35.5. The highest BCUT2D eigenvalue weighted by Crippen LogP contribution is 2.50. The van der Waals surface area contributed by atoms with E-state index >= 15 is 0 Å². The van der Waals surface area contributed by atoms with Gasteiger partial charge < -0.3 is 9.30 Å². The van der Waals surface area contributed by atoms with Gasteiger partial charge in [-0.05, 0) is 49.3 Å². The maximum absolute atomic E-state index is 6.09. The van der Waals surface area contributed by atoms with Crippen LogP contribution in [0.25, 0.3) is 11.0 Å². The Morgan fingerprint density at radius 1 is 1.40 bits per heavy atom. The van der Waals surface area contributed by atoms with Crippen molar-refractivity contribution >= 4 is 22.6 Å². The number of aryl methyl sites for hydroxylation is 1. The number of hydrogen-bond donors (Lipinski definition) is 0. The fraction of sp³-hybridized carbons (Fsp3) is 0.562. The van der Waals surface area contributed by atoms with E-state index in [0.29, 0.717) is 11.3 Å². The summed E-state index contributed by atoms with van der Waals surface area (Å²) >= 11 is 6.09. The van der Waals surface area contributed by atoms with Crippen molar-refractivity contribution in [3.05, 3.63) is 29.6 Å². The Balaban J connectivity index is 1.94. The molecule has 0 unspecified atom stereocenters. The first kappa shape index (κ1) is 13.9. The molecule has 1 saturated carbocycles. The van der Waals surface area contributed by atoms with Crippen LogP contribution in [0.2, 0.25) is 0 Å². The summed E-state index contributed by atoms with van der Waals surface area (Å²) in [5.74, 6) is 1.45. The first-order valence-electron chi connectivity index (χ1n) is 7.18. The molecular weight excluding hydrogens is 272 g/mol. The number of ether oxygens (including phenoxy) is 1. The molecule has 4 heteroatoms. The second-order valence-electron chi connectivity index (χ2n) is 5.98. The molecule has 108 valence electrons. The number of aromatic nitrogens is 2. The first-order chi connectivity index (χ1) is 9.67. The van der Waals surface area contributed by atoms with Crippen LogP contribution in [0.1, 0.15) is 30.7 Å². The van der Waals surface area contributed by atoms with Crippen LogP contribution in [0.4, 0.5) is 0 Å². The van der Waals surface area contributed by atoms with Crippen LogP contribution < -0.4 is 0 Å². The van der Waals surface area contributed by atoms with E-state index in [2.05, 4.69) is 34.7 Å². The first-order valence-corrected chi connectivity index (χ1v) is 7.72. The molecule has 0 spiro atoms. The molecule has 20 heavy (non-hydrogen) atoms. The third kappa shape index (κ3) is 2.57. The Labute approximate surface area is 124 Å². The Bertz CT molecular complexity index is 616. The van der Waals surface area contributed by atoms with Crippen LogP contribution in [0.5, 0.6) is 0 Å². The lowest BCUT2D eigenvalue weighted by atomic mass is 10.0. The van der Waals surface area contributed by atoms with E-state index in [0.717, 1.165) is 30.9 Å². The highest BCUT2D eigenvalue weighted by molar-refractivity contribution is 6.16. The zero-order valence-electron chi connectivity index (χ0n) is 12.2. The minimum atomic E-state index is 0.398. The topological polar surface area (TPSA) is 27.1 Å². The van der Waals surface area contributed by atoms with Gasteiger partial charge >= 0.3 is 0 Å². The van der Waals surface area contributed by atoms with Gasteiger partial charge in [-0.3, -0.25) is 0 Å². The number of benzene rings is 1. The molecular formula is C16H21ClN2O. The van der Waals surface area contributed by atoms with Crippen molar-refractivity contribution in [2.75, 3.05) is 13.7 Å². The Hall–Kier alpha value is -1.06. The quantitative estimate of drug-likeness (QED) is 0.755. The Kier molecular flexibility index (Phi) is 3.74. The van der Waals surface area contributed by atoms with Crippen LogP contribution in [0, 0.1) is 12.3 Å². The van der Waals surface area contributed by atoms with Gasteiger partial charge in [-0.25, -0.2) is 4.98 Å². The normalized spacial score (nSPS) is 16.8. The molecule has 1 aromatic carbocycles. The molecule has 1 aromatic heterocycles. The van der Waals surface area contributed by atoms with Gasteiger partial charge in [0.1, 0.15) is 5.82 Å². The number of rotatable bonds is 6. The smallest absolute Gasteiger partial charge is 0.124 e. The molecule has 0 radical (unpaired) electrons. The molecule has 1 aliphatic rings. The Morgan fingerprint density at radius 2 is 2.20 bits per heavy atom. The van der Waals surface area contributed by atoms with Crippen LogP contribution in [-0.4, -0.2) is 23.3 Å². The summed E-state index contributed by atoms with van der Waals surface area (Å²) < 4.78 is 7.56. The zero-order valence-corrected chi connectivity index (χ0v) is 12.9. The lowest BCUT2D eigenvalue weighted by Gasteiger charge is -2.17. The Morgan fingerprint density at radius 3 is 2.85 bits per heavy atom. The van der Waals surface area contributed by atoms with Gasteiger partial charge in [0.2, 0.25) is 0 Å². The average molecular weight is 293 g/mol. The highest BCUT2D eigenvalue weighted by Gasteiger charge is 2.42. The average Bonchev–Trinajstić information content (AvgIpc) is 3.13. The van der Waals surface area contributed by atoms with Crippen molar-refractivity contribution in [3.8, 4) is 0 Å². The van der Waals surface area contributed by atoms with E-state index < -0.39 is 0 Å². The number of alkyl halides is 1. The van der Waals surface area contributed by atoms with Crippen LogP contribution >= 0.6 is 11.6 Å². The van der Waals surface area contributed by atoms with Gasteiger partial charge in [0, 0.05) is 20.3 Å².